The van der Waals surface area contributed by atoms with Crippen LogP contribution in [0.3, 0.4) is 0 Å². The molecule has 22 heavy (non-hydrogen) atoms. The van der Waals surface area contributed by atoms with Crippen molar-refractivity contribution >= 4 is 23.2 Å². The highest BCUT2D eigenvalue weighted by molar-refractivity contribution is 6.32. The third-order valence-corrected chi connectivity index (χ3v) is 4.54. The topological polar surface area (TPSA) is 41.6 Å². The van der Waals surface area contributed by atoms with Gasteiger partial charge in [0.2, 0.25) is 5.91 Å². The van der Waals surface area contributed by atoms with E-state index in [0.29, 0.717) is 28.3 Å². The lowest BCUT2D eigenvalue weighted by Gasteiger charge is -2.38. The molecule has 0 radical (unpaired) electrons. The Morgan fingerprint density at radius 3 is 2.55 bits per heavy atom. The zero-order valence-electron chi connectivity index (χ0n) is 13.7. The summed E-state index contributed by atoms with van der Waals surface area (Å²) < 4.78 is 5.12. The van der Waals surface area contributed by atoms with E-state index in [1.54, 1.807) is 25.3 Å². The number of hydrogen-bond donors (Lipinski definition) is 1. The van der Waals surface area contributed by atoms with Crippen LogP contribution in [-0.4, -0.2) is 37.0 Å². The number of nitrogens with zero attached hydrogens (tertiary/aromatic N) is 1. The summed E-state index contributed by atoms with van der Waals surface area (Å²) in [5, 5.41) is 3.43. The van der Waals surface area contributed by atoms with E-state index in [2.05, 4.69) is 24.1 Å². The van der Waals surface area contributed by atoms with E-state index in [-0.39, 0.29) is 11.9 Å². The van der Waals surface area contributed by atoms with Crippen LogP contribution in [0.1, 0.15) is 27.2 Å². The molecule has 0 aliphatic carbocycles. The number of piperidine rings is 1. The molecule has 2 rings (SSSR count). The summed E-state index contributed by atoms with van der Waals surface area (Å²) in [5.74, 6) is 1.87. The van der Waals surface area contributed by atoms with E-state index >= 15 is 0 Å². The lowest BCUT2D eigenvalue weighted by atomic mass is 9.91. The Balaban J connectivity index is 2.00. The summed E-state index contributed by atoms with van der Waals surface area (Å²) >= 11 is 6.09. The van der Waals surface area contributed by atoms with Crippen molar-refractivity contribution in [2.45, 2.75) is 33.2 Å². The van der Waals surface area contributed by atoms with Gasteiger partial charge in [-0.05, 0) is 43.4 Å². The van der Waals surface area contributed by atoms with Gasteiger partial charge in [-0.25, -0.2) is 0 Å². The van der Waals surface area contributed by atoms with Gasteiger partial charge in [0.1, 0.15) is 5.75 Å². The van der Waals surface area contributed by atoms with E-state index in [0.717, 1.165) is 13.1 Å². The molecule has 1 fully saturated rings. The van der Waals surface area contributed by atoms with E-state index in [1.807, 2.05) is 6.92 Å². The quantitative estimate of drug-likeness (QED) is 0.919. The highest BCUT2D eigenvalue weighted by atomic mass is 35.5. The fraction of sp³-hybridized carbons (Fsp3) is 0.588. The Labute approximate surface area is 137 Å². The Morgan fingerprint density at radius 2 is 2.00 bits per heavy atom. The molecule has 0 saturated carbocycles. The van der Waals surface area contributed by atoms with Gasteiger partial charge >= 0.3 is 0 Å². The first-order valence-electron chi connectivity index (χ1n) is 7.79. The molecule has 0 spiro atoms. The highest BCUT2D eigenvalue weighted by Gasteiger charge is 2.28. The lowest BCUT2D eigenvalue weighted by molar-refractivity contribution is -0.121. The smallest absolute Gasteiger partial charge is 0.241 e. The number of benzene rings is 1. The molecule has 1 saturated heterocycles. The molecular weight excluding hydrogens is 300 g/mol. The van der Waals surface area contributed by atoms with Crippen molar-refractivity contribution in [3.63, 3.8) is 0 Å². The predicted octanol–water partition coefficient (Wildman–Crippen LogP) is 3.65. The van der Waals surface area contributed by atoms with Gasteiger partial charge in [0.25, 0.3) is 0 Å². The molecule has 1 aromatic carbocycles. The number of likely N-dealkylation sites (tertiary alicyclic amines) is 1. The average Bonchev–Trinajstić information content (AvgIpc) is 2.45. The minimum atomic E-state index is -0.147. The Hall–Kier alpha value is -1.26. The summed E-state index contributed by atoms with van der Waals surface area (Å²) in [6.45, 7) is 8.41. The van der Waals surface area contributed by atoms with Gasteiger partial charge in [-0.2, -0.15) is 0 Å². The zero-order valence-corrected chi connectivity index (χ0v) is 14.5. The van der Waals surface area contributed by atoms with Crippen LogP contribution in [0.4, 0.5) is 5.69 Å². The molecule has 1 heterocycles. The van der Waals surface area contributed by atoms with Crippen LogP contribution in [-0.2, 0) is 4.79 Å². The van der Waals surface area contributed by atoms with Gasteiger partial charge in [-0.1, -0.05) is 25.4 Å². The van der Waals surface area contributed by atoms with Crippen molar-refractivity contribution in [3.8, 4) is 5.75 Å². The highest BCUT2D eigenvalue weighted by Crippen LogP contribution is 2.28. The first-order valence-corrected chi connectivity index (χ1v) is 8.17. The normalized spacial score (nSPS) is 23.9. The fourth-order valence-corrected chi connectivity index (χ4v) is 3.44. The second kappa shape index (κ2) is 7.34. The Bertz CT molecular complexity index is 525. The molecule has 5 heteroatoms. The molecule has 3 atom stereocenters. The number of halogens is 1. The number of rotatable bonds is 4. The molecule has 1 amide bonds. The van der Waals surface area contributed by atoms with Crippen LogP contribution >= 0.6 is 11.6 Å². The van der Waals surface area contributed by atoms with Crippen molar-refractivity contribution in [3.05, 3.63) is 23.2 Å². The molecule has 4 nitrogen and oxygen atoms in total. The number of carbonyl (C=O) groups excluding carboxylic acids is 1. The number of nitrogens with one attached hydrogen (secondary N) is 1. The average molecular weight is 325 g/mol. The van der Waals surface area contributed by atoms with Crippen LogP contribution in [0.15, 0.2) is 18.2 Å². The lowest BCUT2D eigenvalue weighted by Crippen LogP contribution is -2.48. The van der Waals surface area contributed by atoms with Gasteiger partial charge in [-0.15, -0.1) is 0 Å². The van der Waals surface area contributed by atoms with Crippen molar-refractivity contribution in [1.82, 2.24) is 4.90 Å². The molecule has 0 bridgehead atoms. The van der Waals surface area contributed by atoms with Crippen LogP contribution in [0.25, 0.3) is 0 Å². The second-order valence-electron chi connectivity index (χ2n) is 6.41. The van der Waals surface area contributed by atoms with E-state index in [9.17, 15) is 4.79 Å². The van der Waals surface area contributed by atoms with Gasteiger partial charge in [0.15, 0.2) is 0 Å². The van der Waals surface area contributed by atoms with Gasteiger partial charge in [0, 0.05) is 18.8 Å². The van der Waals surface area contributed by atoms with Crippen LogP contribution < -0.4 is 10.1 Å². The molecule has 0 aromatic heterocycles. The number of ether oxygens (including phenoxy) is 1. The molecule has 1 aliphatic rings. The number of amides is 1. The van der Waals surface area contributed by atoms with Crippen molar-refractivity contribution in [1.29, 1.82) is 0 Å². The van der Waals surface area contributed by atoms with Crippen molar-refractivity contribution in [2.75, 3.05) is 25.5 Å². The first-order chi connectivity index (χ1) is 10.4. The number of anilines is 1. The van der Waals surface area contributed by atoms with Gasteiger partial charge in [0.05, 0.1) is 18.2 Å². The maximum absolute atomic E-state index is 12.5. The third kappa shape index (κ3) is 4.14. The van der Waals surface area contributed by atoms with Crippen LogP contribution in [0.5, 0.6) is 5.75 Å². The Kier molecular flexibility index (Phi) is 5.70. The zero-order chi connectivity index (χ0) is 16.3. The van der Waals surface area contributed by atoms with Gasteiger partial charge in [-0.3, -0.25) is 9.69 Å². The van der Waals surface area contributed by atoms with Crippen LogP contribution in [0, 0.1) is 11.8 Å². The largest absolute Gasteiger partial charge is 0.495 e. The summed E-state index contributed by atoms with van der Waals surface area (Å²) in [4.78, 5) is 14.7. The maximum atomic E-state index is 12.5. The SMILES string of the molecule is COc1ccc(NC(=O)[C@H](C)N2C[C@H](C)C[C@@H](C)C2)cc1Cl. The summed E-state index contributed by atoms with van der Waals surface area (Å²) in [5.41, 5.74) is 0.695. The minimum Gasteiger partial charge on any atom is -0.495 e. The maximum Gasteiger partial charge on any atom is 0.241 e. The first kappa shape index (κ1) is 17.1. The molecule has 1 aromatic rings. The summed E-state index contributed by atoms with van der Waals surface area (Å²) in [6.07, 6.45) is 1.24. The summed E-state index contributed by atoms with van der Waals surface area (Å²) in [7, 11) is 1.57. The molecule has 1 aliphatic heterocycles. The number of methoxy groups -OCH3 is 1. The van der Waals surface area contributed by atoms with E-state index < -0.39 is 0 Å². The molecule has 122 valence electrons. The minimum absolute atomic E-state index is 0.00235. The Morgan fingerprint density at radius 1 is 1.36 bits per heavy atom. The molecule has 0 unspecified atom stereocenters. The van der Waals surface area contributed by atoms with Crippen LogP contribution in [0.2, 0.25) is 5.02 Å². The van der Waals surface area contributed by atoms with E-state index in [4.69, 9.17) is 16.3 Å². The molecule has 1 N–H and O–H groups in total. The predicted molar refractivity (Wildman–Crippen MR) is 90.6 cm³/mol. The standard InChI is InChI=1S/C17H25ClN2O2/c1-11-7-12(2)10-20(9-11)13(3)17(21)19-14-5-6-16(22-4)15(18)8-14/h5-6,8,11-13H,7,9-10H2,1-4H3,(H,19,21)/t11-,12-,13+/m1/s1. The fourth-order valence-electron chi connectivity index (χ4n) is 3.18. The summed E-state index contributed by atoms with van der Waals surface area (Å²) in [6, 6.07) is 5.13. The monoisotopic (exact) mass is 324 g/mol. The van der Waals surface area contributed by atoms with Gasteiger partial charge < -0.3 is 10.1 Å². The van der Waals surface area contributed by atoms with E-state index in [1.165, 1.54) is 6.42 Å². The second-order valence-corrected chi connectivity index (χ2v) is 6.82. The number of carbonyl (C=O) groups is 1. The third-order valence-electron chi connectivity index (χ3n) is 4.24. The van der Waals surface area contributed by atoms with Crippen molar-refractivity contribution < 1.29 is 9.53 Å². The van der Waals surface area contributed by atoms with Crippen molar-refractivity contribution in [2.24, 2.45) is 11.8 Å². The molecular formula is C17H25ClN2O2. The number of hydrogen-bond acceptors (Lipinski definition) is 3.